The van der Waals surface area contributed by atoms with Gasteiger partial charge < -0.3 is 9.84 Å². The van der Waals surface area contributed by atoms with E-state index in [0.717, 1.165) is 6.07 Å². The Morgan fingerprint density at radius 1 is 1.18 bits per heavy atom. The number of nitrogens with zero attached hydrogens (tertiary/aromatic N) is 3. The number of methoxy groups -OCH3 is 1. The quantitative estimate of drug-likeness (QED) is 0.339. The minimum Gasteiger partial charge on any atom is -0.496 e. The molecule has 0 saturated carbocycles. The highest BCUT2D eigenvalue weighted by atomic mass is 35.5. The monoisotopic (exact) mass is 483 g/mol. The van der Waals surface area contributed by atoms with Crippen molar-refractivity contribution in [3.8, 4) is 5.75 Å². The van der Waals surface area contributed by atoms with Crippen LogP contribution in [0, 0.1) is 12.7 Å². The van der Waals surface area contributed by atoms with Crippen LogP contribution < -0.4 is 4.74 Å². The molecule has 5 nitrogen and oxygen atoms in total. The van der Waals surface area contributed by atoms with Crippen molar-refractivity contribution in [3.05, 3.63) is 58.8 Å². The van der Waals surface area contributed by atoms with Gasteiger partial charge in [0.15, 0.2) is 5.60 Å². The van der Waals surface area contributed by atoms with Crippen LogP contribution in [0.3, 0.4) is 0 Å². The number of fused-ring (bicyclic) bond motifs is 1. The molecule has 1 unspecified atom stereocenters. The third-order valence-corrected chi connectivity index (χ3v) is 5.55. The molecule has 0 aliphatic rings. The van der Waals surface area contributed by atoms with E-state index < -0.39 is 29.4 Å². The maximum absolute atomic E-state index is 14.1. The Bertz CT molecular complexity index is 1210. The molecule has 1 aromatic heterocycles. The van der Waals surface area contributed by atoms with Gasteiger partial charge in [-0.15, -0.1) is 0 Å². The van der Waals surface area contributed by atoms with E-state index in [9.17, 15) is 22.7 Å². The normalized spacial score (nSPS) is 14.6. The molecule has 176 valence electrons. The van der Waals surface area contributed by atoms with E-state index in [2.05, 4.69) is 15.0 Å². The van der Waals surface area contributed by atoms with Gasteiger partial charge in [-0.3, -0.25) is 4.99 Å². The van der Waals surface area contributed by atoms with Gasteiger partial charge in [-0.25, -0.2) is 14.4 Å². The zero-order valence-corrected chi connectivity index (χ0v) is 19.1. The molecule has 2 aromatic carbocycles. The molecule has 0 radical (unpaired) electrons. The zero-order valence-electron chi connectivity index (χ0n) is 18.3. The molecule has 1 heterocycles. The Hall–Kier alpha value is -2.78. The molecular weight excluding hydrogens is 462 g/mol. The molecule has 0 saturated heterocycles. The summed E-state index contributed by atoms with van der Waals surface area (Å²) in [4.78, 5) is 11.8. The van der Waals surface area contributed by atoms with E-state index in [4.69, 9.17) is 16.3 Å². The molecule has 1 N–H and O–H groups in total. The molecule has 1 atom stereocenters. The molecule has 3 rings (SSSR count). The number of rotatable bonds is 6. The minimum atomic E-state index is -5.05. The third kappa shape index (κ3) is 5.09. The largest absolute Gasteiger partial charge is 0.496 e. The molecular formula is C23H22ClF4N3O2. The second-order valence-electron chi connectivity index (χ2n) is 8.33. The number of ether oxygens (including phenoxy) is 1. The number of alkyl halides is 3. The van der Waals surface area contributed by atoms with Crippen molar-refractivity contribution in [3.63, 3.8) is 0 Å². The SMILES string of the molecule is COc1cc(Cl)ccc1C(C)(C)CC(O)(C=Nc1ccc(F)c2nc(C)ncc12)C(F)(F)F. The lowest BCUT2D eigenvalue weighted by Crippen LogP contribution is -2.50. The van der Waals surface area contributed by atoms with Crippen molar-refractivity contribution < 1.29 is 27.4 Å². The van der Waals surface area contributed by atoms with Crippen LogP contribution in [0.25, 0.3) is 10.9 Å². The van der Waals surface area contributed by atoms with E-state index >= 15 is 0 Å². The van der Waals surface area contributed by atoms with Crippen LogP contribution in [-0.2, 0) is 5.41 Å². The van der Waals surface area contributed by atoms with Crippen molar-refractivity contribution in [2.75, 3.05) is 7.11 Å². The minimum absolute atomic E-state index is 0.00375. The maximum Gasteiger partial charge on any atom is 0.422 e. The first-order chi connectivity index (χ1) is 15.3. The fourth-order valence-corrected chi connectivity index (χ4v) is 3.82. The molecule has 0 bridgehead atoms. The van der Waals surface area contributed by atoms with E-state index in [1.807, 2.05) is 0 Å². The van der Waals surface area contributed by atoms with Crippen LogP contribution in [0.15, 0.2) is 41.5 Å². The van der Waals surface area contributed by atoms with E-state index in [1.54, 1.807) is 26.8 Å². The van der Waals surface area contributed by atoms with Gasteiger partial charge in [-0.2, -0.15) is 13.2 Å². The van der Waals surface area contributed by atoms with Gasteiger partial charge in [-0.05, 0) is 48.6 Å². The van der Waals surface area contributed by atoms with Gasteiger partial charge in [0.2, 0.25) is 0 Å². The summed E-state index contributed by atoms with van der Waals surface area (Å²) in [5.74, 6) is -0.0597. The highest BCUT2D eigenvalue weighted by Crippen LogP contribution is 2.43. The fourth-order valence-electron chi connectivity index (χ4n) is 3.66. The Kier molecular flexibility index (Phi) is 6.68. The summed E-state index contributed by atoms with van der Waals surface area (Å²) < 4.78 is 61.6. The smallest absolute Gasteiger partial charge is 0.422 e. The number of aromatic nitrogens is 2. The first-order valence-corrected chi connectivity index (χ1v) is 10.3. The van der Waals surface area contributed by atoms with Crippen LogP contribution in [-0.4, -0.2) is 40.2 Å². The summed E-state index contributed by atoms with van der Waals surface area (Å²) in [5, 5.41) is 11.2. The highest BCUT2D eigenvalue weighted by Gasteiger charge is 2.55. The second kappa shape index (κ2) is 8.87. The van der Waals surface area contributed by atoms with Gasteiger partial charge >= 0.3 is 6.18 Å². The van der Waals surface area contributed by atoms with E-state index in [1.165, 1.54) is 31.5 Å². The number of hydrogen-bond donors (Lipinski definition) is 1. The number of benzene rings is 2. The van der Waals surface area contributed by atoms with Crippen LogP contribution in [0.5, 0.6) is 5.75 Å². The lowest BCUT2D eigenvalue weighted by atomic mass is 9.75. The maximum atomic E-state index is 14.1. The second-order valence-corrected chi connectivity index (χ2v) is 8.77. The van der Waals surface area contributed by atoms with Gasteiger partial charge in [0.1, 0.15) is 22.9 Å². The molecule has 0 fully saturated rings. The predicted octanol–water partition coefficient (Wildman–Crippen LogP) is 6.10. The van der Waals surface area contributed by atoms with E-state index in [-0.39, 0.29) is 16.6 Å². The van der Waals surface area contributed by atoms with Crippen molar-refractivity contribution in [2.24, 2.45) is 4.99 Å². The van der Waals surface area contributed by atoms with Crippen molar-refractivity contribution in [2.45, 2.75) is 44.4 Å². The number of halogens is 5. The van der Waals surface area contributed by atoms with Crippen LogP contribution in [0.2, 0.25) is 5.02 Å². The average molecular weight is 484 g/mol. The van der Waals surface area contributed by atoms with E-state index in [0.29, 0.717) is 28.4 Å². The molecule has 3 aromatic rings. The Morgan fingerprint density at radius 2 is 1.88 bits per heavy atom. The molecule has 10 heteroatoms. The van der Waals surface area contributed by atoms with Crippen LogP contribution >= 0.6 is 11.6 Å². The topological polar surface area (TPSA) is 67.6 Å². The standard InChI is InChI=1S/C23H22ClF4N3O2/c1-13-29-10-15-18(8-7-17(25)20(15)31-13)30-12-22(32,23(26,27)28)11-21(2,3)16-6-5-14(24)9-19(16)33-4/h5-10,12,32H,11H2,1-4H3. The van der Waals surface area contributed by atoms with Crippen molar-refractivity contribution >= 4 is 34.4 Å². The van der Waals surface area contributed by atoms with Gasteiger partial charge in [-0.1, -0.05) is 31.5 Å². The van der Waals surface area contributed by atoms with Crippen molar-refractivity contribution in [1.82, 2.24) is 9.97 Å². The number of aliphatic imine (C=N–C) groups is 1. The van der Waals surface area contributed by atoms with Gasteiger partial charge in [0.05, 0.1) is 12.8 Å². The fraction of sp³-hybridized carbons (Fsp3) is 0.348. The third-order valence-electron chi connectivity index (χ3n) is 5.31. The van der Waals surface area contributed by atoms with Gasteiger partial charge in [0.25, 0.3) is 0 Å². The Labute approximate surface area is 193 Å². The number of hydrogen-bond acceptors (Lipinski definition) is 5. The summed E-state index contributed by atoms with van der Waals surface area (Å²) >= 11 is 5.97. The summed E-state index contributed by atoms with van der Waals surface area (Å²) in [7, 11) is 1.38. The van der Waals surface area contributed by atoms with Crippen LogP contribution in [0.1, 0.15) is 31.7 Å². The van der Waals surface area contributed by atoms with Crippen molar-refractivity contribution in [1.29, 1.82) is 0 Å². The first kappa shape index (κ1) is 24.9. The van der Waals surface area contributed by atoms with Gasteiger partial charge in [0, 0.05) is 22.8 Å². The lowest BCUT2D eigenvalue weighted by Gasteiger charge is -2.36. The summed E-state index contributed by atoms with van der Waals surface area (Å²) in [6, 6.07) is 6.84. The highest BCUT2D eigenvalue weighted by molar-refractivity contribution is 6.30. The number of aryl methyl sites for hydroxylation is 1. The lowest BCUT2D eigenvalue weighted by molar-refractivity contribution is -0.234. The zero-order chi connectivity index (χ0) is 24.6. The molecule has 0 spiro atoms. The number of aliphatic hydroxyl groups is 1. The molecule has 0 amide bonds. The Morgan fingerprint density at radius 3 is 2.52 bits per heavy atom. The summed E-state index contributed by atoms with van der Waals surface area (Å²) in [6.07, 6.45) is -4.09. The Balaban J connectivity index is 2.05. The molecule has 0 aliphatic carbocycles. The summed E-state index contributed by atoms with van der Waals surface area (Å²) in [6.45, 7) is 4.66. The first-order valence-electron chi connectivity index (χ1n) is 9.87. The predicted molar refractivity (Wildman–Crippen MR) is 119 cm³/mol. The average Bonchev–Trinajstić information content (AvgIpc) is 2.72. The molecule has 33 heavy (non-hydrogen) atoms. The van der Waals surface area contributed by atoms with Crippen LogP contribution in [0.4, 0.5) is 23.2 Å². The summed E-state index contributed by atoms with van der Waals surface area (Å²) in [5.41, 5.74) is -4.14. The molecule has 0 aliphatic heterocycles.